The summed E-state index contributed by atoms with van der Waals surface area (Å²) in [5.74, 6) is -0.995. The molecular weight excluding hydrogens is 371 g/mol. The van der Waals surface area contributed by atoms with E-state index >= 15 is 0 Å². The van der Waals surface area contributed by atoms with Gasteiger partial charge in [-0.1, -0.05) is 12.1 Å². The number of aromatic nitrogens is 1. The number of nitrogens with zero attached hydrogens (tertiary/aromatic N) is 1. The van der Waals surface area contributed by atoms with E-state index < -0.39 is 18.3 Å². The molecule has 140 valence electrons. The maximum absolute atomic E-state index is 12.1. The normalized spacial score (nSPS) is 12.3. The molecule has 0 saturated carbocycles. The molecule has 1 aromatic heterocycles. The molecule has 10 heteroatoms. The Hall–Kier alpha value is -2.62. The largest absolute Gasteiger partial charge is 0.573 e. The molecule has 2 amide bonds. The highest BCUT2D eigenvalue weighted by Crippen LogP contribution is 2.25. The Bertz CT molecular complexity index is 775. The summed E-state index contributed by atoms with van der Waals surface area (Å²) in [6.45, 7) is 2.87. The van der Waals surface area contributed by atoms with Crippen molar-refractivity contribution in [3.63, 3.8) is 0 Å². The minimum Gasteiger partial charge on any atom is -0.406 e. The zero-order valence-electron chi connectivity index (χ0n) is 13.9. The zero-order valence-corrected chi connectivity index (χ0v) is 14.7. The number of nitrogens with one attached hydrogen (secondary N) is 2. The molecule has 0 bridgehead atoms. The first kappa shape index (κ1) is 19.7. The fourth-order valence-electron chi connectivity index (χ4n) is 2.04. The van der Waals surface area contributed by atoms with Crippen LogP contribution in [0.2, 0.25) is 0 Å². The first-order valence-electron chi connectivity index (χ1n) is 7.50. The first-order valence-corrected chi connectivity index (χ1v) is 8.31. The number of benzene rings is 1. The molecule has 2 N–H and O–H groups in total. The summed E-state index contributed by atoms with van der Waals surface area (Å²) in [5, 5.41) is 5.44. The van der Waals surface area contributed by atoms with Gasteiger partial charge in [0.15, 0.2) is 5.13 Å². The van der Waals surface area contributed by atoms with Gasteiger partial charge in [-0.15, -0.1) is 24.5 Å². The van der Waals surface area contributed by atoms with E-state index in [2.05, 4.69) is 20.4 Å². The van der Waals surface area contributed by atoms with Gasteiger partial charge in [0, 0.05) is 24.4 Å². The lowest BCUT2D eigenvalue weighted by molar-refractivity contribution is -0.274. The molecular formula is C16H16F3N3O3S. The highest BCUT2D eigenvalue weighted by atomic mass is 32.1. The summed E-state index contributed by atoms with van der Waals surface area (Å²) in [5.41, 5.74) is 0.771. The van der Waals surface area contributed by atoms with E-state index in [0.717, 1.165) is 10.4 Å². The van der Waals surface area contributed by atoms with Crippen LogP contribution in [-0.4, -0.2) is 29.2 Å². The summed E-state index contributed by atoms with van der Waals surface area (Å²) < 4.78 is 40.2. The number of ether oxygens (including phenoxy) is 1. The van der Waals surface area contributed by atoms with Gasteiger partial charge < -0.3 is 15.4 Å². The minimum absolute atomic E-state index is 0.287. The Morgan fingerprint density at radius 2 is 1.92 bits per heavy atom. The van der Waals surface area contributed by atoms with Crippen LogP contribution in [0.1, 0.15) is 24.3 Å². The predicted molar refractivity (Wildman–Crippen MR) is 90.0 cm³/mol. The maximum Gasteiger partial charge on any atom is 0.573 e. The second-order valence-corrected chi connectivity index (χ2v) is 6.53. The van der Waals surface area contributed by atoms with Crippen molar-refractivity contribution in [1.82, 2.24) is 10.3 Å². The van der Waals surface area contributed by atoms with E-state index in [0.29, 0.717) is 11.6 Å². The van der Waals surface area contributed by atoms with Crippen molar-refractivity contribution in [3.05, 3.63) is 40.9 Å². The van der Waals surface area contributed by atoms with Gasteiger partial charge in [-0.05, 0) is 24.6 Å². The van der Waals surface area contributed by atoms with E-state index in [4.69, 9.17) is 0 Å². The number of rotatable bonds is 6. The molecule has 1 heterocycles. The quantitative estimate of drug-likeness (QED) is 0.798. The Morgan fingerprint density at radius 1 is 1.27 bits per heavy atom. The molecule has 0 saturated heterocycles. The Kier molecular flexibility index (Phi) is 6.19. The molecule has 0 spiro atoms. The topological polar surface area (TPSA) is 80.3 Å². The number of hydrogen-bond donors (Lipinski definition) is 2. The Balaban J connectivity index is 1.93. The number of carbonyl (C=O) groups excluding carboxylic acids is 2. The van der Waals surface area contributed by atoms with Crippen LogP contribution in [-0.2, 0) is 16.0 Å². The van der Waals surface area contributed by atoms with Crippen LogP contribution >= 0.6 is 11.3 Å². The van der Waals surface area contributed by atoms with Crippen LogP contribution in [0.4, 0.5) is 18.3 Å². The van der Waals surface area contributed by atoms with Gasteiger partial charge in [-0.2, -0.15) is 0 Å². The average molecular weight is 387 g/mol. The van der Waals surface area contributed by atoms with Gasteiger partial charge in [0.05, 0.1) is 0 Å². The fourth-order valence-corrected chi connectivity index (χ4v) is 2.89. The molecule has 26 heavy (non-hydrogen) atoms. The summed E-state index contributed by atoms with van der Waals surface area (Å²) >= 11 is 1.24. The van der Waals surface area contributed by atoms with E-state index in [9.17, 15) is 22.8 Å². The number of alkyl halides is 3. The second-order valence-electron chi connectivity index (χ2n) is 5.41. The number of thiazole rings is 1. The van der Waals surface area contributed by atoms with Crippen LogP contribution in [0.25, 0.3) is 0 Å². The molecule has 2 aromatic rings. The van der Waals surface area contributed by atoms with Crippen LogP contribution < -0.4 is 15.4 Å². The van der Waals surface area contributed by atoms with Crippen molar-refractivity contribution in [3.8, 4) is 5.75 Å². The molecule has 1 atom stereocenters. The third-order valence-corrected chi connectivity index (χ3v) is 4.04. The summed E-state index contributed by atoms with van der Waals surface area (Å²) in [6.07, 6.45) is -2.70. The monoisotopic (exact) mass is 387 g/mol. The molecule has 0 aliphatic carbocycles. The molecule has 0 aliphatic rings. The average Bonchev–Trinajstić information content (AvgIpc) is 2.94. The first-order chi connectivity index (χ1) is 12.1. The Labute approximate surface area is 151 Å². The summed E-state index contributed by atoms with van der Waals surface area (Å²) in [6, 6.07) is 4.83. The van der Waals surface area contributed by atoms with Crippen LogP contribution in [0.3, 0.4) is 0 Å². The SMILES string of the molecule is CC(=O)N[C@@H](C)C(=O)Nc1ncc(Cc2ccc(OC(F)(F)F)cc2)s1. The lowest BCUT2D eigenvalue weighted by Gasteiger charge is -2.10. The molecule has 0 radical (unpaired) electrons. The van der Waals surface area contributed by atoms with Gasteiger partial charge in [-0.3, -0.25) is 9.59 Å². The number of carbonyl (C=O) groups is 2. The zero-order chi connectivity index (χ0) is 19.3. The third kappa shape index (κ3) is 6.36. The molecule has 1 aromatic carbocycles. The van der Waals surface area contributed by atoms with Gasteiger partial charge in [-0.25, -0.2) is 4.98 Å². The van der Waals surface area contributed by atoms with E-state index in [1.807, 2.05) is 0 Å². The predicted octanol–water partition coefficient (Wildman–Crippen LogP) is 3.10. The molecule has 0 fully saturated rings. The van der Waals surface area contributed by atoms with Crippen LogP contribution in [0, 0.1) is 0 Å². The highest BCUT2D eigenvalue weighted by molar-refractivity contribution is 7.15. The number of halogens is 3. The Morgan fingerprint density at radius 3 is 2.50 bits per heavy atom. The van der Waals surface area contributed by atoms with Crippen molar-refractivity contribution in [2.24, 2.45) is 0 Å². The van der Waals surface area contributed by atoms with E-state index in [-0.39, 0.29) is 11.7 Å². The van der Waals surface area contributed by atoms with Crippen molar-refractivity contribution in [1.29, 1.82) is 0 Å². The van der Waals surface area contributed by atoms with Crippen molar-refractivity contribution < 1.29 is 27.5 Å². The van der Waals surface area contributed by atoms with Gasteiger partial charge >= 0.3 is 6.36 Å². The number of hydrogen-bond acceptors (Lipinski definition) is 5. The lowest BCUT2D eigenvalue weighted by Crippen LogP contribution is -2.40. The number of anilines is 1. The fraction of sp³-hybridized carbons (Fsp3) is 0.312. The van der Waals surface area contributed by atoms with Gasteiger partial charge in [0.25, 0.3) is 0 Å². The molecule has 0 unspecified atom stereocenters. The smallest absolute Gasteiger partial charge is 0.406 e. The third-order valence-electron chi connectivity index (χ3n) is 3.13. The van der Waals surface area contributed by atoms with E-state index in [1.165, 1.54) is 42.5 Å². The number of amides is 2. The second kappa shape index (κ2) is 8.17. The minimum atomic E-state index is -4.72. The maximum atomic E-state index is 12.1. The highest BCUT2D eigenvalue weighted by Gasteiger charge is 2.30. The van der Waals surface area contributed by atoms with Crippen LogP contribution in [0.15, 0.2) is 30.5 Å². The lowest BCUT2D eigenvalue weighted by atomic mass is 10.1. The van der Waals surface area contributed by atoms with Crippen LogP contribution in [0.5, 0.6) is 5.75 Å². The summed E-state index contributed by atoms with van der Waals surface area (Å²) in [7, 11) is 0. The molecule has 6 nitrogen and oxygen atoms in total. The standard InChI is InChI=1S/C16H16F3N3O3S/c1-9(21-10(2)23)14(24)22-15-20-8-13(26-15)7-11-3-5-12(6-4-11)25-16(17,18)19/h3-6,8-9H,7H2,1-2H3,(H,21,23)(H,20,22,24)/t9-/m0/s1. The van der Waals surface area contributed by atoms with Crippen molar-refractivity contribution in [2.45, 2.75) is 32.7 Å². The van der Waals surface area contributed by atoms with Crippen molar-refractivity contribution >= 4 is 28.3 Å². The van der Waals surface area contributed by atoms with Gasteiger partial charge in [0.1, 0.15) is 11.8 Å². The van der Waals surface area contributed by atoms with E-state index in [1.54, 1.807) is 13.1 Å². The molecule has 0 aliphatic heterocycles. The van der Waals surface area contributed by atoms with Crippen molar-refractivity contribution in [2.75, 3.05) is 5.32 Å². The summed E-state index contributed by atoms with van der Waals surface area (Å²) in [4.78, 5) is 27.7. The van der Waals surface area contributed by atoms with Gasteiger partial charge in [0.2, 0.25) is 11.8 Å². The molecule has 2 rings (SSSR count).